The molecule has 1 heterocycles. The third-order valence-electron chi connectivity index (χ3n) is 8.48. The van der Waals surface area contributed by atoms with E-state index in [1.54, 1.807) is 6.21 Å². The Bertz CT molecular complexity index is 1720. The highest BCUT2D eigenvalue weighted by atomic mass is 16.6. The number of amidine groups is 1. The first-order valence-electron chi connectivity index (χ1n) is 15.1. The summed E-state index contributed by atoms with van der Waals surface area (Å²) >= 11 is 0. The van der Waals surface area contributed by atoms with Gasteiger partial charge in [0.2, 0.25) is 0 Å². The molecule has 5 nitrogen and oxygen atoms in total. The number of nitrogens with two attached hydrogens (primary N) is 1. The maximum Gasteiger partial charge on any atom is 0.163 e. The number of oxime groups is 1. The van der Waals surface area contributed by atoms with E-state index in [9.17, 15) is 0 Å². The number of nitrogens with one attached hydrogen (secondary N) is 1. The van der Waals surface area contributed by atoms with Gasteiger partial charge in [0.25, 0.3) is 0 Å². The lowest BCUT2D eigenvalue weighted by molar-refractivity contribution is 0.0664. The summed E-state index contributed by atoms with van der Waals surface area (Å²) in [5.74, 6) is 6.69. The van der Waals surface area contributed by atoms with Crippen molar-refractivity contribution in [2.24, 2.45) is 21.9 Å². The van der Waals surface area contributed by atoms with E-state index >= 15 is 0 Å². The quantitative estimate of drug-likeness (QED) is 0.100. The van der Waals surface area contributed by atoms with Crippen LogP contribution in [0.3, 0.4) is 0 Å². The van der Waals surface area contributed by atoms with Gasteiger partial charge in [-0.1, -0.05) is 109 Å². The van der Waals surface area contributed by atoms with Gasteiger partial charge in [0, 0.05) is 11.5 Å². The summed E-state index contributed by atoms with van der Waals surface area (Å²) in [6.45, 7) is 6.60. The second kappa shape index (κ2) is 13.1. The molecule has 0 spiro atoms. The van der Waals surface area contributed by atoms with E-state index in [-0.39, 0.29) is 18.1 Å². The number of allylic oxidation sites excluding steroid dienone is 6. The minimum Gasteiger partial charge on any atom is -0.387 e. The lowest BCUT2D eigenvalue weighted by Crippen LogP contribution is -2.36. The van der Waals surface area contributed by atoms with E-state index in [0.717, 1.165) is 48.0 Å². The molecule has 216 valence electrons. The van der Waals surface area contributed by atoms with Crippen molar-refractivity contribution in [3.63, 3.8) is 0 Å². The van der Waals surface area contributed by atoms with Gasteiger partial charge in [-0.25, -0.2) is 5.84 Å². The molecule has 0 amide bonds. The van der Waals surface area contributed by atoms with E-state index < -0.39 is 0 Å². The Hall–Kier alpha value is -4.74. The Kier molecular flexibility index (Phi) is 8.62. The molecule has 6 rings (SSSR count). The van der Waals surface area contributed by atoms with Crippen LogP contribution in [0, 0.1) is 5.92 Å². The van der Waals surface area contributed by atoms with Crippen molar-refractivity contribution < 1.29 is 4.84 Å². The van der Waals surface area contributed by atoms with Crippen LogP contribution in [0.4, 0.5) is 0 Å². The molecular weight excluding hydrogens is 528 g/mol. The Labute approximate surface area is 254 Å². The first-order valence-corrected chi connectivity index (χ1v) is 15.1. The van der Waals surface area contributed by atoms with Crippen LogP contribution >= 0.6 is 0 Å². The molecule has 0 saturated carbocycles. The molecule has 0 bridgehead atoms. The smallest absolute Gasteiger partial charge is 0.163 e. The first-order chi connectivity index (χ1) is 21.2. The number of hydrogen-bond donors (Lipinski definition) is 2. The molecule has 3 aromatic rings. The Balaban J connectivity index is 1.39. The van der Waals surface area contributed by atoms with E-state index in [0.29, 0.717) is 5.84 Å². The largest absolute Gasteiger partial charge is 0.387 e. The van der Waals surface area contributed by atoms with Gasteiger partial charge >= 0.3 is 0 Å². The number of hydrogen-bond acceptors (Lipinski definition) is 4. The summed E-state index contributed by atoms with van der Waals surface area (Å²) in [5.41, 5.74) is 10.5. The summed E-state index contributed by atoms with van der Waals surface area (Å²) in [4.78, 5) is 11.3. The second-order valence-corrected chi connectivity index (χ2v) is 11.2. The highest BCUT2D eigenvalue weighted by Gasteiger charge is 2.34. The van der Waals surface area contributed by atoms with Gasteiger partial charge in [-0.05, 0) is 88.9 Å². The van der Waals surface area contributed by atoms with Crippen molar-refractivity contribution in [1.29, 1.82) is 0 Å². The predicted molar refractivity (Wildman–Crippen MR) is 179 cm³/mol. The maximum absolute atomic E-state index is 6.23. The van der Waals surface area contributed by atoms with E-state index in [2.05, 4.69) is 127 Å². The zero-order valence-electron chi connectivity index (χ0n) is 24.6. The molecule has 1 aliphatic heterocycles. The SMILES string of the molecule is C=C1/C(C(=NC(c2ccc(CC/C=C\C)cc2)c2ccc3ccccc3c2)NN)=C\C=N/OC2C3=C(C=CC12)CCC=C3. The van der Waals surface area contributed by atoms with Crippen molar-refractivity contribution in [2.75, 3.05) is 0 Å². The van der Waals surface area contributed by atoms with Gasteiger partial charge in [0.15, 0.2) is 6.10 Å². The fourth-order valence-corrected chi connectivity index (χ4v) is 6.13. The van der Waals surface area contributed by atoms with Gasteiger partial charge in [-0.15, -0.1) is 0 Å². The number of nitrogens with zero attached hydrogens (tertiary/aromatic N) is 2. The minimum absolute atomic E-state index is 0.0978. The molecule has 3 unspecified atom stereocenters. The van der Waals surface area contributed by atoms with Crippen LogP contribution in [0.5, 0.6) is 0 Å². The highest BCUT2D eigenvalue weighted by molar-refractivity contribution is 6.05. The minimum atomic E-state index is -0.291. The summed E-state index contributed by atoms with van der Waals surface area (Å²) < 4.78 is 0. The average molecular weight is 567 g/mol. The summed E-state index contributed by atoms with van der Waals surface area (Å²) in [5, 5.41) is 6.67. The van der Waals surface area contributed by atoms with Crippen LogP contribution < -0.4 is 11.3 Å². The fourth-order valence-electron chi connectivity index (χ4n) is 6.13. The lowest BCUT2D eigenvalue weighted by Gasteiger charge is -2.33. The van der Waals surface area contributed by atoms with Crippen LogP contribution in [-0.2, 0) is 11.3 Å². The zero-order valence-corrected chi connectivity index (χ0v) is 24.6. The van der Waals surface area contributed by atoms with E-state index in [4.69, 9.17) is 15.7 Å². The number of benzene rings is 3. The molecule has 2 aliphatic carbocycles. The molecule has 3 aromatic carbocycles. The molecule has 0 aromatic heterocycles. The summed E-state index contributed by atoms with van der Waals surface area (Å²) in [6.07, 6.45) is 20.4. The van der Waals surface area contributed by atoms with E-state index in [1.165, 1.54) is 27.5 Å². The normalized spacial score (nSPS) is 22.7. The van der Waals surface area contributed by atoms with Gasteiger partial charge in [-0.2, -0.15) is 0 Å². The monoisotopic (exact) mass is 566 g/mol. The van der Waals surface area contributed by atoms with Gasteiger partial charge < -0.3 is 10.3 Å². The molecule has 0 radical (unpaired) electrons. The summed E-state index contributed by atoms with van der Waals surface area (Å²) in [7, 11) is 0. The second-order valence-electron chi connectivity index (χ2n) is 11.2. The van der Waals surface area contributed by atoms with E-state index in [1.807, 2.05) is 6.08 Å². The Morgan fingerprint density at radius 2 is 1.91 bits per heavy atom. The van der Waals surface area contributed by atoms with Crippen LogP contribution in [-0.4, -0.2) is 18.2 Å². The molecule has 5 heteroatoms. The van der Waals surface area contributed by atoms with Crippen LogP contribution in [0.2, 0.25) is 0 Å². The number of hydrazine groups is 1. The van der Waals surface area contributed by atoms with Crippen molar-refractivity contribution in [3.05, 3.63) is 155 Å². The molecule has 3 N–H and O–H groups in total. The number of aliphatic imine (C=N–C) groups is 1. The first kappa shape index (κ1) is 28.4. The fraction of sp³-hybridized carbons (Fsp3) is 0.211. The third-order valence-corrected chi connectivity index (χ3v) is 8.48. The van der Waals surface area contributed by atoms with Crippen molar-refractivity contribution in [1.82, 2.24) is 5.43 Å². The third kappa shape index (κ3) is 6.08. The van der Waals surface area contributed by atoms with Crippen molar-refractivity contribution >= 4 is 22.8 Å². The maximum atomic E-state index is 6.23. The number of aryl methyl sites for hydroxylation is 1. The number of rotatable bonds is 7. The standard InChI is InChI=1S/C38H38N4O/c1-3-4-5-10-27-15-17-30(18-16-27)36(32-20-19-28-11-6-7-13-31(28)25-32)41-38(42-39)34-23-24-40-43-37-33(26(34)2)22-21-29-12-8-9-14-35(29)37/h3-4,6-7,9,11,13-25,33,36-37H,2,5,8,10,12,39H2,1H3,(H,41,42)/b4-3-,34-23+,40-24-. The zero-order chi connectivity index (χ0) is 29.6. The van der Waals surface area contributed by atoms with Gasteiger partial charge in [0.05, 0.1) is 6.21 Å². The average Bonchev–Trinajstić information content (AvgIpc) is 3.05. The number of fused-ring (bicyclic) bond motifs is 3. The molecular formula is C38H38N4O. The molecule has 0 saturated heterocycles. The topological polar surface area (TPSA) is 72.0 Å². The summed E-state index contributed by atoms with van der Waals surface area (Å²) in [6, 6.07) is 23.4. The van der Waals surface area contributed by atoms with Gasteiger partial charge in [-0.3, -0.25) is 4.99 Å². The van der Waals surface area contributed by atoms with Crippen molar-refractivity contribution in [3.8, 4) is 0 Å². The predicted octanol–water partition coefficient (Wildman–Crippen LogP) is 8.00. The van der Waals surface area contributed by atoms with Crippen LogP contribution in [0.15, 0.2) is 148 Å². The molecule has 43 heavy (non-hydrogen) atoms. The van der Waals surface area contributed by atoms with Crippen LogP contribution in [0.1, 0.15) is 48.9 Å². The molecule has 3 aliphatic rings. The Morgan fingerprint density at radius 1 is 1.09 bits per heavy atom. The molecule has 0 fully saturated rings. The highest BCUT2D eigenvalue weighted by Crippen LogP contribution is 2.39. The van der Waals surface area contributed by atoms with Crippen molar-refractivity contribution in [2.45, 2.75) is 44.8 Å². The van der Waals surface area contributed by atoms with Gasteiger partial charge in [0.1, 0.15) is 11.9 Å². The molecule has 3 atom stereocenters. The van der Waals surface area contributed by atoms with Crippen LogP contribution in [0.25, 0.3) is 10.8 Å². The lowest BCUT2D eigenvalue weighted by atomic mass is 9.77. The Morgan fingerprint density at radius 3 is 2.72 bits per heavy atom.